The first kappa shape index (κ1) is 12.8. The number of halogens is 2. The molecular formula is C12H10BrFN2O2. The van der Waals surface area contributed by atoms with Crippen LogP contribution in [-0.2, 0) is 0 Å². The predicted molar refractivity (Wildman–Crippen MR) is 68.2 cm³/mol. The molecule has 0 amide bonds. The van der Waals surface area contributed by atoms with Crippen molar-refractivity contribution in [3.63, 3.8) is 0 Å². The van der Waals surface area contributed by atoms with Gasteiger partial charge in [0.2, 0.25) is 0 Å². The Morgan fingerprint density at radius 3 is 2.61 bits per heavy atom. The molecule has 0 atom stereocenters. The first-order valence-corrected chi connectivity index (χ1v) is 5.85. The summed E-state index contributed by atoms with van der Waals surface area (Å²) < 4.78 is 24.3. The van der Waals surface area contributed by atoms with Gasteiger partial charge in [-0.15, -0.1) is 0 Å². The maximum absolute atomic E-state index is 13.9. The van der Waals surface area contributed by atoms with E-state index in [4.69, 9.17) is 9.47 Å². The molecule has 0 aliphatic heterocycles. The highest BCUT2D eigenvalue weighted by atomic mass is 79.9. The molecule has 0 N–H and O–H groups in total. The molecule has 94 valence electrons. The molecule has 0 bridgehead atoms. The highest BCUT2D eigenvalue weighted by molar-refractivity contribution is 9.10. The molecule has 2 rings (SSSR count). The van der Waals surface area contributed by atoms with Gasteiger partial charge in [-0.25, -0.2) is 14.4 Å². The average Bonchev–Trinajstić information content (AvgIpc) is 2.41. The number of aromatic nitrogens is 2. The zero-order valence-corrected chi connectivity index (χ0v) is 11.4. The van der Waals surface area contributed by atoms with Gasteiger partial charge in [0.05, 0.1) is 14.2 Å². The third kappa shape index (κ3) is 2.28. The van der Waals surface area contributed by atoms with E-state index in [1.807, 2.05) is 0 Å². The molecule has 0 unspecified atom stereocenters. The second-order valence-corrected chi connectivity index (χ2v) is 4.14. The monoisotopic (exact) mass is 312 g/mol. The predicted octanol–water partition coefficient (Wildman–Crippen LogP) is 3.06. The van der Waals surface area contributed by atoms with Crippen molar-refractivity contribution in [2.45, 2.75) is 0 Å². The number of nitrogens with zero attached hydrogens (tertiary/aromatic N) is 2. The topological polar surface area (TPSA) is 44.2 Å². The molecule has 0 saturated carbocycles. The van der Waals surface area contributed by atoms with Crippen LogP contribution in [0.1, 0.15) is 0 Å². The van der Waals surface area contributed by atoms with Crippen molar-refractivity contribution in [1.82, 2.24) is 9.97 Å². The number of hydrogen-bond donors (Lipinski definition) is 0. The molecule has 0 aliphatic rings. The molecular weight excluding hydrogens is 303 g/mol. The molecule has 18 heavy (non-hydrogen) atoms. The number of hydrogen-bond acceptors (Lipinski definition) is 4. The third-order valence-corrected chi connectivity index (χ3v) is 2.96. The van der Waals surface area contributed by atoms with Crippen LogP contribution < -0.4 is 9.47 Å². The minimum Gasteiger partial charge on any atom is -0.497 e. The number of methoxy groups -OCH3 is 2. The maximum Gasteiger partial charge on any atom is 0.182 e. The zero-order valence-electron chi connectivity index (χ0n) is 9.78. The van der Waals surface area contributed by atoms with Gasteiger partial charge in [-0.05, 0) is 28.1 Å². The quantitative estimate of drug-likeness (QED) is 0.817. The van der Waals surface area contributed by atoms with Gasteiger partial charge < -0.3 is 9.47 Å². The molecule has 0 aliphatic carbocycles. The molecule has 0 fully saturated rings. The minimum absolute atomic E-state index is 0.116. The molecule has 2 aromatic rings. The minimum atomic E-state index is -0.527. The lowest BCUT2D eigenvalue weighted by molar-refractivity contribution is 0.395. The van der Waals surface area contributed by atoms with E-state index in [0.717, 1.165) is 0 Å². The fourth-order valence-electron chi connectivity index (χ4n) is 1.53. The Labute approximate surface area is 112 Å². The van der Waals surface area contributed by atoms with E-state index in [9.17, 15) is 4.39 Å². The van der Waals surface area contributed by atoms with Gasteiger partial charge in [-0.3, -0.25) is 0 Å². The second kappa shape index (κ2) is 5.30. The zero-order chi connectivity index (χ0) is 13.1. The Kier molecular flexibility index (Phi) is 3.76. The third-order valence-electron chi connectivity index (χ3n) is 2.41. The molecule has 0 radical (unpaired) electrons. The highest BCUT2D eigenvalue weighted by Gasteiger charge is 2.15. The highest BCUT2D eigenvalue weighted by Crippen LogP contribution is 2.34. The standard InChI is InChI=1S/C12H10BrFN2O2/c1-17-7-3-4-8(9(5-7)18-2)11-10(14)12(13)16-6-15-11/h3-6H,1-2H3. The summed E-state index contributed by atoms with van der Waals surface area (Å²) in [6.45, 7) is 0. The van der Waals surface area contributed by atoms with Crippen LogP contribution in [0, 0.1) is 5.82 Å². The lowest BCUT2D eigenvalue weighted by atomic mass is 10.1. The maximum atomic E-state index is 13.9. The van der Waals surface area contributed by atoms with E-state index in [2.05, 4.69) is 25.9 Å². The first-order valence-electron chi connectivity index (χ1n) is 5.05. The van der Waals surface area contributed by atoms with Crippen LogP contribution in [0.5, 0.6) is 11.5 Å². The van der Waals surface area contributed by atoms with E-state index < -0.39 is 5.82 Å². The number of benzene rings is 1. The lowest BCUT2D eigenvalue weighted by Crippen LogP contribution is -1.96. The summed E-state index contributed by atoms with van der Waals surface area (Å²) in [7, 11) is 3.06. The van der Waals surface area contributed by atoms with Crippen molar-refractivity contribution >= 4 is 15.9 Å². The summed E-state index contributed by atoms with van der Waals surface area (Å²) >= 11 is 3.03. The molecule has 1 heterocycles. The van der Waals surface area contributed by atoms with E-state index in [1.165, 1.54) is 13.4 Å². The van der Waals surface area contributed by atoms with Crippen LogP contribution in [0.3, 0.4) is 0 Å². The Balaban J connectivity index is 2.60. The van der Waals surface area contributed by atoms with E-state index >= 15 is 0 Å². The van der Waals surface area contributed by atoms with E-state index in [0.29, 0.717) is 17.1 Å². The number of rotatable bonds is 3. The van der Waals surface area contributed by atoms with Crippen LogP contribution >= 0.6 is 15.9 Å². The molecule has 0 saturated heterocycles. The van der Waals surface area contributed by atoms with Gasteiger partial charge in [0, 0.05) is 11.6 Å². The van der Waals surface area contributed by atoms with E-state index in [-0.39, 0.29) is 10.3 Å². The van der Waals surface area contributed by atoms with Crippen LogP contribution in [0.25, 0.3) is 11.3 Å². The van der Waals surface area contributed by atoms with Crippen molar-refractivity contribution in [3.05, 3.63) is 34.9 Å². The van der Waals surface area contributed by atoms with Gasteiger partial charge in [0.1, 0.15) is 28.1 Å². The van der Waals surface area contributed by atoms with Crippen molar-refractivity contribution in [2.24, 2.45) is 0 Å². The van der Waals surface area contributed by atoms with Crippen molar-refractivity contribution in [3.8, 4) is 22.8 Å². The van der Waals surface area contributed by atoms with Gasteiger partial charge in [0.25, 0.3) is 0 Å². The van der Waals surface area contributed by atoms with Crippen LogP contribution in [0.4, 0.5) is 4.39 Å². The molecule has 1 aromatic heterocycles. The van der Waals surface area contributed by atoms with Gasteiger partial charge in [-0.1, -0.05) is 0 Å². The van der Waals surface area contributed by atoms with Crippen molar-refractivity contribution in [2.75, 3.05) is 14.2 Å². The smallest absolute Gasteiger partial charge is 0.182 e. The average molecular weight is 313 g/mol. The van der Waals surface area contributed by atoms with Crippen LogP contribution in [0.2, 0.25) is 0 Å². The SMILES string of the molecule is COc1ccc(-c2ncnc(Br)c2F)c(OC)c1. The Bertz CT molecular complexity index is 578. The summed E-state index contributed by atoms with van der Waals surface area (Å²) in [4.78, 5) is 7.66. The lowest BCUT2D eigenvalue weighted by Gasteiger charge is -2.10. The summed E-state index contributed by atoms with van der Waals surface area (Å²) in [5.74, 6) is 0.587. The molecule has 0 spiro atoms. The summed E-state index contributed by atoms with van der Waals surface area (Å²) in [6.07, 6.45) is 1.28. The van der Waals surface area contributed by atoms with Crippen LogP contribution in [-0.4, -0.2) is 24.2 Å². The normalized spacial score (nSPS) is 10.2. The Morgan fingerprint density at radius 2 is 1.94 bits per heavy atom. The van der Waals surface area contributed by atoms with Crippen molar-refractivity contribution in [1.29, 1.82) is 0 Å². The second-order valence-electron chi connectivity index (χ2n) is 3.39. The number of ether oxygens (including phenoxy) is 2. The van der Waals surface area contributed by atoms with Crippen molar-refractivity contribution < 1.29 is 13.9 Å². The van der Waals surface area contributed by atoms with Crippen LogP contribution in [0.15, 0.2) is 29.1 Å². The fraction of sp³-hybridized carbons (Fsp3) is 0.167. The Hall–Kier alpha value is -1.69. The summed E-state index contributed by atoms with van der Waals surface area (Å²) in [5.41, 5.74) is 0.718. The van der Waals surface area contributed by atoms with Gasteiger partial charge in [0.15, 0.2) is 5.82 Å². The fourth-order valence-corrected chi connectivity index (χ4v) is 1.81. The first-order chi connectivity index (χ1) is 8.67. The molecule has 1 aromatic carbocycles. The molecule has 6 heteroatoms. The van der Waals surface area contributed by atoms with Gasteiger partial charge in [-0.2, -0.15) is 0 Å². The summed E-state index contributed by atoms with van der Waals surface area (Å²) in [6, 6.07) is 5.08. The summed E-state index contributed by atoms with van der Waals surface area (Å²) in [5, 5.41) is 0. The largest absolute Gasteiger partial charge is 0.497 e. The molecule has 4 nitrogen and oxygen atoms in total. The Morgan fingerprint density at radius 1 is 1.17 bits per heavy atom. The van der Waals surface area contributed by atoms with Gasteiger partial charge >= 0.3 is 0 Å². The van der Waals surface area contributed by atoms with E-state index in [1.54, 1.807) is 25.3 Å².